The fourth-order valence-corrected chi connectivity index (χ4v) is 3.47. The Kier molecular flexibility index (Phi) is 4.31. The molecule has 1 aromatic carbocycles. The first-order chi connectivity index (χ1) is 8.61. The molecule has 1 heterocycles. The number of hydrogen-bond acceptors (Lipinski definition) is 5. The first-order valence-electron chi connectivity index (χ1n) is 5.66. The number of aromatic nitrogens is 2. The van der Waals surface area contributed by atoms with Crippen molar-refractivity contribution in [3.05, 3.63) is 35.4 Å². The Hall–Kier alpha value is -0.980. The highest BCUT2D eigenvalue weighted by Crippen LogP contribution is 2.34. The van der Waals surface area contributed by atoms with E-state index < -0.39 is 0 Å². The molecule has 96 valence electrons. The summed E-state index contributed by atoms with van der Waals surface area (Å²) in [4.78, 5) is 5.17. The highest BCUT2D eigenvalue weighted by atomic mass is 32.2. The predicted molar refractivity (Wildman–Crippen MR) is 72.4 cm³/mol. The topological polar surface area (TPSA) is 51.8 Å². The lowest BCUT2D eigenvalue weighted by molar-refractivity contribution is 0.585. The summed E-state index contributed by atoms with van der Waals surface area (Å²) in [6.07, 6.45) is 0.806. The normalized spacial score (nSPS) is 12.7. The van der Waals surface area contributed by atoms with Crippen molar-refractivity contribution >= 4 is 23.3 Å². The lowest BCUT2D eigenvalue weighted by Gasteiger charge is -2.11. The number of aryl methyl sites for hydroxylation is 1. The van der Waals surface area contributed by atoms with Gasteiger partial charge in [0.1, 0.15) is 11.6 Å². The van der Waals surface area contributed by atoms with Crippen molar-refractivity contribution in [1.82, 2.24) is 9.36 Å². The first kappa shape index (κ1) is 13.5. The monoisotopic (exact) mass is 283 g/mol. The van der Waals surface area contributed by atoms with Gasteiger partial charge in [0.2, 0.25) is 0 Å². The first-order valence-corrected chi connectivity index (χ1v) is 7.25. The summed E-state index contributed by atoms with van der Waals surface area (Å²) in [5, 5.41) is 0. The fraction of sp³-hybridized carbons (Fsp3) is 0.333. The second-order valence-electron chi connectivity index (χ2n) is 3.87. The molecule has 1 atom stereocenters. The molecule has 0 amide bonds. The minimum Gasteiger partial charge on any atom is -0.324 e. The van der Waals surface area contributed by atoms with Gasteiger partial charge in [0, 0.05) is 22.9 Å². The van der Waals surface area contributed by atoms with Gasteiger partial charge in [-0.3, -0.25) is 0 Å². The Balaban J connectivity index is 2.31. The van der Waals surface area contributed by atoms with Gasteiger partial charge in [0.05, 0.1) is 0 Å². The molecule has 0 aliphatic heterocycles. The minimum atomic E-state index is -0.340. The van der Waals surface area contributed by atoms with Crippen LogP contribution in [-0.2, 0) is 6.42 Å². The predicted octanol–water partition coefficient (Wildman–Crippen LogP) is 3.41. The Bertz CT molecular complexity index is 540. The molecule has 2 rings (SSSR count). The van der Waals surface area contributed by atoms with E-state index >= 15 is 0 Å². The van der Waals surface area contributed by atoms with E-state index in [1.807, 2.05) is 13.0 Å². The number of nitrogens with two attached hydrogens (primary N) is 1. The van der Waals surface area contributed by atoms with Crippen LogP contribution in [0.4, 0.5) is 4.39 Å². The number of halogens is 1. The number of hydrogen-bond donors (Lipinski definition) is 1. The molecule has 0 aliphatic rings. The molecule has 0 radical (unpaired) electrons. The second-order valence-corrected chi connectivity index (χ2v) is 5.91. The largest absolute Gasteiger partial charge is 0.324 e. The summed E-state index contributed by atoms with van der Waals surface area (Å²) < 4.78 is 18.8. The van der Waals surface area contributed by atoms with E-state index in [0.29, 0.717) is 5.56 Å². The van der Waals surface area contributed by atoms with Crippen molar-refractivity contribution in [2.45, 2.75) is 35.5 Å². The van der Waals surface area contributed by atoms with Crippen LogP contribution in [0.25, 0.3) is 0 Å². The van der Waals surface area contributed by atoms with Crippen molar-refractivity contribution in [1.29, 1.82) is 0 Å². The van der Waals surface area contributed by atoms with Gasteiger partial charge in [0.25, 0.3) is 0 Å². The van der Waals surface area contributed by atoms with Crippen LogP contribution in [0.15, 0.2) is 27.4 Å². The van der Waals surface area contributed by atoms with Gasteiger partial charge in [-0.25, -0.2) is 9.37 Å². The van der Waals surface area contributed by atoms with E-state index in [9.17, 15) is 4.39 Å². The van der Waals surface area contributed by atoms with Gasteiger partial charge in [-0.2, -0.15) is 4.37 Å². The molecule has 0 bridgehead atoms. The molecule has 0 saturated carbocycles. The molecule has 2 N–H and O–H groups in total. The quantitative estimate of drug-likeness (QED) is 0.934. The van der Waals surface area contributed by atoms with Gasteiger partial charge in [-0.15, -0.1) is 0 Å². The van der Waals surface area contributed by atoms with E-state index in [1.54, 1.807) is 13.0 Å². The van der Waals surface area contributed by atoms with Crippen LogP contribution < -0.4 is 5.73 Å². The van der Waals surface area contributed by atoms with E-state index in [-0.39, 0.29) is 11.9 Å². The van der Waals surface area contributed by atoms with Crippen LogP contribution >= 0.6 is 23.3 Å². The maximum absolute atomic E-state index is 13.7. The maximum atomic E-state index is 13.7. The molecule has 6 heteroatoms. The van der Waals surface area contributed by atoms with Crippen LogP contribution in [-0.4, -0.2) is 9.36 Å². The van der Waals surface area contributed by atoms with Crippen molar-refractivity contribution < 1.29 is 4.39 Å². The molecule has 2 aromatic rings. The third kappa shape index (κ3) is 2.88. The molecule has 0 aliphatic carbocycles. The zero-order chi connectivity index (χ0) is 13.1. The van der Waals surface area contributed by atoms with Crippen LogP contribution in [0.2, 0.25) is 0 Å². The number of rotatable bonds is 4. The molecule has 1 aromatic heterocycles. The van der Waals surface area contributed by atoms with E-state index in [2.05, 4.69) is 9.36 Å². The van der Waals surface area contributed by atoms with Gasteiger partial charge < -0.3 is 5.73 Å². The molecule has 3 nitrogen and oxygen atoms in total. The van der Waals surface area contributed by atoms with Crippen LogP contribution in [0.3, 0.4) is 0 Å². The lowest BCUT2D eigenvalue weighted by atomic mass is 10.1. The highest BCUT2D eigenvalue weighted by Gasteiger charge is 2.15. The standard InChI is InChI=1S/C12H14FN3S2/c1-3-10-15-12(18-16-10)17-9-6-4-5-8(13)11(9)7(2)14/h4-7H,3,14H2,1-2H3/t7-/m1/s1. The zero-order valence-electron chi connectivity index (χ0n) is 10.2. The molecule has 18 heavy (non-hydrogen) atoms. The number of nitrogens with zero attached hydrogens (tertiary/aromatic N) is 2. The number of benzene rings is 1. The summed E-state index contributed by atoms with van der Waals surface area (Å²) in [5.74, 6) is 0.552. The van der Waals surface area contributed by atoms with Crippen LogP contribution in [0.5, 0.6) is 0 Å². The Morgan fingerprint density at radius 3 is 2.89 bits per heavy atom. The van der Waals surface area contributed by atoms with E-state index in [1.165, 1.54) is 29.4 Å². The lowest BCUT2D eigenvalue weighted by Crippen LogP contribution is -2.08. The maximum Gasteiger partial charge on any atom is 0.174 e. The summed E-state index contributed by atoms with van der Waals surface area (Å²) in [6.45, 7) is 3.78. The summed E-state index contributed by atoms with van der Waals surface area (Å²) in [6, 6.07) is 4.64. The SMILES string of the molecule is CCc1nsc(Sc2cccc(F)c2[C@@H](C)N)n1. The molecule has 0 spiro atoms. The minimum absolute atomic E-state index is 0.268. The van der Waals surface area contributed by atoms with Crippen molar-refractivity contribution in [3.8, 4) is 0 Å². The van der Waals surface area contributed by atoms with E-state index in [4.69, 9.17) is 5.73 Å². The third-order valence-electron chi connectivity index (χ3n) is 2.43. The third-order valence-corrected chi connectivity index (χ3v) is 4.30. The molecule has 0 fully saturated rings. The Morgan fingerprint density at radius 2 is 2.28 bits per heavy atom. The second kappa shape index (κ2) is 5.77. The van der Waals surface area contributed by atoms with Crippen LogP contribution in [0.1, 0.15) is 31.3 Å². The van der Waals surface area contributed by atoms with Crippen molar-refractivity contribution in [2.24, 2.45) is 5.73 Å². The van der Waals surface area contributed by atoms with E-state index in [0.717, 1.165) is 21.5 Å². The average molecular weight is 283 g/mol. The molecular formula is C12H14FN3S2. The highest BCUT2D eigenvalue weighted by molar-refractivity contribution is 8.01. The van der Waals surface area contributed by atoms with Gasteiger partial charge in [-0.05, 0) is 30.6 Å². The van der Waals surface area contributed by atoms with Crippen molar-refractivity contribution in [2.75, 3.05) is 0 Å². The fourth-order valence-electron chi connectivity index (χ4n) is 1.57. The molecule has 0 unspecified atom stereocenters. The Morgan fingerprint density at radius 1 is 1.50 bits per heavy atom. The van der Waals surface area contributed by atoms with Gasteiger partial charge >= 0.3 is 0 Å². The van der Waals surface area contributed by atoms with Gasteiger partial charge in [0.15, 0.2) is 4.34 Å². The van der Waals surface area contributed by atoms with Crippen molar-refractivity contribution in [3.63, 3.8) is 0 Å². The van der Waals surface area contributed by atoms with Gasteiger partial charge in [-0.1, -0.05) is 24.8 Å². The zero-order valence-corrected chi connectivity index (χ0v) is 11.8. The molecule has 0 saturated heterocycles. The summed E-state index contributed by atoms with van der Waals surface area (Å²) in [5.41, 5.74) is 6.35. The average Bonchev–Trinajstić information content (AvgIpc) is 2.76. The summed E-state index contributed by atoms with van der Waals surface area (Å²) in [7, 11) is 0. The smallest absolute Gasteiger partial charge is 0.174 e. The van der Waals surface area contributed by atoms with Crippen LogP contribution in [0, 0.1) is 5.82 Å². The molecular weight excluding hydrogens is 269 g/mol. The summed E-state index contributed by atoms with van der Waals surface area (Å²) >= 11 is 2.75. The Labute approximate surface area is 114 Å².